The molecule has 0 spiro atoms. The summed E-state index contributed by atoms with van der Waals surface area (Å²) in [5.41, 5.74) is 17.1. The van der Waals surface area contributed by atoms with Gasteiger partial charge in [-0.2, -0.15) is 0 Å². The summed E-state index contributed by atoms with van der Waals surface area (Å²) in [6.45, 7) is 4.71. The second-order valence-corrected chi connectivity index (χ2v) is 15.8. The van der Waals surface area contributed by atoms with E-state index in [2.05, 4.69) is 230 Å². The van der Waals surface area contributed by atoms with Crippen LogP contribution in [0.4, 0.5) is 17.1 Å². The van der Waals surface area contributed by atoms with Crippen LogP contribution in [0.5, 0.6) is 0 Å². The second kappa shape index (κ2) is 13.0. The highest BCUT2D eigenvalue weighted by atomic mass is 15.1. The average Bonchev–Trinajstić information content (AvgIpc) is 3.72. The normalized spacial score (nSPS) is 12.9. The molecule has 0 saturated carbocycles. The summed E-state index contributed by atoms with van der Waals surface area (Å²) in [5, 5.41) is 5.03. The smallest absolute Gasteiger partial charge is 0.0541 e. The van der Waals surface area contributed by atoms with Crippen LogP contribution in [-0.4, -0.2) is 4.57 Å². The van der Waals surface area contributed by atoms with Crippen molar-refractivity contribution in [2.75, 3.05) is 4.90 Å². The van der Waals surface area contributed by atoms with Gasteiger partial charge in [0.05, 0.1) is 11.0 Å². The predicted octanol–water partition coefficient (Wildman–Crippen LogP) is 15.0. The van der Waals surface area contributed by atoms with Gasteiger partial charge in [0.2, 0.25) is 0 Å². The first-order valence-corrected chi connectivity index (χ1v) is 19.8. The molecule has 2 heteroatoms. The predicted molar refractivity (Wildman–Crippen MR) is 241 cm³/mol. The van der Waals surface area contributed by atoms with E-state index in [1.807, 2.05) is 0 Å². The highest BCUT2D eigenvalue weighted by Gasteiger charge is 2.35. The molecule has 0 bridgehead atoms. The molecular formula is C55H40N2. The molecule has 0 saturated heterocycles. The fourth-order valence-corrected chi connectivity index (χ4v) is 9.26. The maximum absolute atomic E-state index is 2.41. The lowest BCUT2D eigenvalue weighted by atomic mass is 9.82. The molecule has 1 aliphatic carbocycles. The fraction of sp³-hybridized carbons (Fsp3) is 0.0545. The molecule has 0 atom stereocenters. The minimum atomic E-state index is -0.0975. The molecule has 57 heavy (non-hydrogen) atoms. The maximum Gasteiger partial charge on any atom is 0.0541 e. The first-order valence-electron chi connectivity index (χ1n) is 19.8. The third kappa shape index (κ3) is 5.40. The van der Waals surface area contributed by atoms with Gasteiger partial charge in [0.15, 0.2) is 0 Å². The zero-order chi connectivity index (χ0) is 38.1. The summed E-state index contributed by atoms with van der Waals surface area (Å²) >= 11 is 0. The van der Waals surface area contributed by atoms with E-state index in [-0.39, 0.29) is 5.41 Å². The lowest BCUT2D eigenvalue weighted by Gasteiger charge is -2.28. The van der Waals surface area contributed by atoms with E-state index in [4.69, 9.17) is 0 Å². The van der Waals surface area contributed by atoms with Crippen molar-refractivity contribution >= 4 is 49.6 Å². The highest BCUT2D eigenvalue weighted by molar-refractivity contribution is 6.10. The number of hydrogen-bond donors (Lipinski definition) is 0. The van der Waals surface area contributed by atoms with Crippen molar-refractivity contribution in [3.05, 3.63) is 217 Å². The summed E-state index contributed by atoms with van der Waals surface area (Å²) in [6.07, 6.45) is 0. The Morgan fingerprint density at radius 2 is 0.930 bits per heavy atom. The molecule has 270 valence electrons. The molecule has 0 radical (unpaired) electrons. The van der Waals surface area contributed by atoms with Gasteiger partial charge < -0.3 is 9.47 Å². The van der Waals surface area contributed by atoms with Crippen LogP contribution in [0.3, 0.4) is 0 Å². The summed E-state index contributed by atoms with van der Waals surface area (Å²) in [6, 6.07) is 75.6. The molecule has 1 aliphatic rings. The lowest BCUT2D eigenvalue weighted by Crippen LogP contribution is -2.16. The van der Waals surface area contributed by atoms with Crippen LogP contribution in [0.2, 0.25) is 0 Å². The van der Waals surface area contributed by atoms with E-state index in [1.54, 1.807) is 0 Å². The van der Waals surface area contributed by atoms with E-state index in [0.29, 0.717) is 0 Å². The number of rotatable bonds is 6. The van der Waals surface area contributed by atoms with Crippen LogP contribution in [0.15, 0.2) is 206 Å². The Balaban J connectivity index is 1.00. The number of para-hydroxylation sites is 2. The Labute approximate surface area is 333 Å². The van der Waals surface area contributed by atoms with Gasteiger partial charge in [-0.15, -0.1) is 0 Å². The highest BCUT2D eigenvalue weighted by Crippen LogP contribution is 2.50. The van der Waals surface area contributed by atoms with Crippen LogP contribution in [0.25, 0.3) is 71.6 Å². The van der Waals surface area contributed by atoms with Gasteiger partial charge >= 0.3 is 0 Å². The number of nitrogens with zero attached hydrogens (tertiary/aromatic N) is 2. The quantitative estimate of drug-likeness (QED) is 0.165. The van der Waals surface area contributed by atoms with Gasteiger partial charge in [0.25, 0.3) is 0 Å². The van der Waals surface area contributed by atoms with Gasteiger partial charge in [0, 0.05) is 38.9 Å². The average molecular weight is 729 g/mol. The van der Waals surface area contributed by atoms with Crippen molar-refractivity contribution in [1.29, 1.82) is 0 Å². The Morgan fingerprint density at radius 3 is 1.70 bits per heavy atom. The van der Waals surface area contributed by atoms with Crippen LogP contribution in [0.1, 0.15) is 25.0 Å². The van der Waals surface area contributed by atoms with Crippen molar-refractivity contribution in [2.24, 2.45) is 0 Å². The van der Waals surface area contributed by atoms with Crippen molar-refractivity contribution in [2.45, 2.75) is 19.3 Å². The molecule has 10 aromatic rings. The molecular weight excluding hydrogens is 689 g/mol. The van der Waals surface area contributed by atoms with Gasteiger partial charge in [-0.05, 0) is 128 Å². The van der Waals surface area contributed by atoms with Gasteiger partial charge in [-0.25, -0.2) is 0 Å². The number of benzene rings is 9. The number of hydrogen-bond acceptors (Lipinski definition) is 1. The minimum Gasteiger partial charge on any atom is -0.310 e. The summed E-state index contributed by atoms with van der Waals surface area (Å²) < 4.78 is 2.37. The van der Waals surface area contributed by atoms with Crippen LogP contribution in [0, 0.1) is 0 Å². The van der Waals surface area contributed by atoms with E-state index < -0.39 is 0 Å². The first kappa shape index (κ1) is 33.2. The van der Waals surface area contributed by atoms with E-state index in [0.717, 1.165) is 17.1 Å². The number of aromatic nitrogens is 1. The molecule has 1 heterocycles. The van der Waals surface area contributed by atoms with Crippen molar-refractivity contribution in [1.82, 2.24) is 4.57 Å². The SMILES string of the molecule is CC1(C)c2ccccc2-c2ccc(N(c3ccc(-c4ccc5ccccc5c4)cc3)c3ccc(-c4ccc5c(c4)c4ccccc4n5-c4ccccc4)cc3)cc21. The molecule has 0 fully saturated rings. The molecule has 1 aromatic heterocycles. The first-order chi connectivity index (χ1) is 28.0. The third-order valence-corrected chi connectivity index (χ3v) is 12.2. The van der Waals surface area contributed by atoms with E-state index >= 15 is 0 Å². The van der Waals surface area contributed by atoms with Gasteiger partial charge in [0.1, 0.15) is 0 Å². The number of fused-ring (bicyclic) bond motifs is 7. The van der Waals surface area contributed by atoms with E-state index in [1.165, 1.54) is 82.8 Å². The lowest BCUT2D eigenvalue weighted by molar-refractivity contribution is 0.660. The van der Waals surface area contributed by atoms with Gasteiger partial charge in [-0.3, -0.25) is 0 Å². The van der Waals surface area contributed by atoms with Gasteiger partial charge in [-0.1, -0.05) is 147 Å². The molecule has 2 nitrogen and oxygen atoms in total. The third-order valence-electron chi connectivity index (χ3n) is 12.2. The Hall–Kier alpha value is -7.16. The van der Waals surface area contributed by atoms with Crippen LogP contribution >= 0.6 is 0 Å². The van der Waals surface area contributed by atoms with Crippen molar-refractivity contribution in [3.63, 3.8) is 0 Å². The van der Waals surface area contributed by atoms with Crippen LogP contribution in [-0.2, 0) is 5.41 Å². The molecule has 0 unspecified atom stereocenters. The Kier molecular flexibility index (Phi) is 7.55. The molecule has 9 aromatic carbocycles. The molecule has 11 rings (SSSR count). The maximum atomic E-state index is 2.41. The summed E-state index contributed by atoms with van der Waals surface area (Å²) in [7, 11) is 0. The number of anilines is 3. The molecule has 0 N–H and O–H groups in total. The zero-order valence-electron chi connectivity index (χ0n) is 32.0. The monoisotopic (exact) mass is 728 g/mol. The van der Waals surface area contributed by atoms with E-state index in [9.17, 15) is 0 Å². The summed E-state index contributed by atoms with van der Waals surface area (Å²) in [4.78, 5) is 2.41. The minimum absolute atomic E-state index is 0.0975. The van der Waals surface area contributed by atoms with Crippen molar-refractivity contribution in [3.8, 4) is 39.1 Å². The Bertz CT molecular complexity index is 3130. The second-order valence-electron chi connectivity index (χ2n) is 15.8. The zero-order valence-corrected chi connectivity index (χ0v) is 32.0. The van der Waals surface area contributed by atoms with Crippen molar-refractivity contribution < 1.29 is 0 Å². The summed E-state index contributed by atoms with van der Waals surface area (Å²) in [5.74, 6) is 0. The topological polar surface area (TPSA) is 8.17 Å². The standard InChI is InChI=1S/C55H40N2/c1-55(2)51-18-10-8-16-47(51)48-32-31-46(36-52(48)55)56(44-27-22-38(23-28-44)41-21-20-37-12-6-7-13-40(37)34-41)45-29-24-39(25-30-45)42-26-33-54-50(35-42)49-17-9-11-19-53(49)57(54)43-14-4-3-5-15-43/h3-36H,1-2H3. The molecule has 0 amide bonds. The Morgan fingerprint density at radius 1 is 0.368 bits per heavy atom. The largest absolute Gasteiger partial charge is 0.310 e. The molecule has 0 aliphatic heterocycles. The fourth-order valence-electron chi connectivity index (χ4n) is 9.26. The van der Waals surface area contributed by atoms with Crippen LogP contribution < -0.4 is 4.90 Å².